The average molecular weight is 454 g/mol. The van der Waals surface area contributed by atoms with Crippen molar-refractivity contribution in [2.75, 3.05) is 18.0 Å². The van der Waals surface area contributed by atoms with Crippen LogP contribution in [0.3, 0.4) is 0 Å². The molecule has 6 rings (SSSR count). The topological polar surface area (TPSA) is 94.9 Å². The van der Waals surface area contributed by atoms with Crippen LogP contribution < -0.4 is 16.2 Å². The van der Waals surface area contributed by atoms with Crippen LogP contribution >= 0.6 is 0 Å². The molecule has 1 saturated heterocycles. The molecule has 1 aliphatic rings. The molecule has 0 aliphatic carbocycles. The zero-order valence-corrected chi connectivity index (χ0v) is 19.2. The van der Waals surface area contributed by atoms with Gasteiger partial charge in [0.2, 0.25) is 5.95 Å². The predicted octanol–water partition coefficient (Wildman–Crippen LogP) is 3.29. The lowest BCUT2D eigenvalue weighted by molar-refractivity contribution is 0.494. The Morgan fingerprint density at radius 2 is 1.76 bits per heavy atom. The molecule has 1 atom stereocenters. The van der Waals surface area contributed by atoms with Crippen LogP contribution in [0.15, 0.2) is 59.5 Å². The molecule has 0 amide bonds. The molecule has 0 radical (unpaired) electrons. The minimum atomic E-state index is -0.154. The van der Waals surface area contributed by atoms with Crippen molar-refractivity contribution in [1.82, 2.24) is 24.3 Å². The Hall–Kier alpha value is -3.78. The number of anilines is 1. The highest BCUT2D eigenvalue weighted by molar-refractivity contribution is 6.06. The first-order chi connectivity index (χ1) is 16.6. The van der Waals surface area contributed by atoms with E-state index in [2.05, 4.69) is 28.2 Å². The molecule has 1 aliphatic heterocycles. The van der Waals surface area contributed by atoms with Crippen molar-refractivity contribution in [2.45, 2.75) is 38.9 Å². The molecule has 8 nitrogen and oxygen atoms in total. The number of aryl methyl sites for hydroxylation is 1. The van der Waals surface area contributed by atoms with Crippen molar-refractivity contribution in [1.29, 1.82) is 0 Å². The molecule has 3 aromatic heterocycles. The lowest BCUT2D eigenvalue weighted by atomic mass is 10.0. The fourth-order valence-electron chi connectivity index (χ4n) is 5.16. The van der Waals surface area contributed by atoms with Gasteiger partial charge in [0, 0.05) is 36.4 Å². The van der Waals surface area contributed by atoms with Crippen molar-refractivity contribution in [3.8, 4) is 0 Å². The fourth-order valence-corrected chi connectivity index (χ4v) is 5.16. The van der Waals surface area contributed by atoms with E-state index in [0.717, 1.165) is 59.2 Å². The Morgan fingerprint density at radius 3 is 2.56 bits per heavy atom. The second-order valence-electron chi connectivity index (χ2n) is 8.97. The zero-order valence-electron chi connectivity index (χ0n) is 19.2. The van der Waals surface area contributed by atoms with E-state index in [9.17, 15) is 4.79 Å². The molecule has 34 heavy (non-hydrogen) atoms. The van der Waals surface area contributed by atoms with Gasteiger partial charge in [0.15, 0.2) is 0 Å². The quantitative estimate of drug-likeness (QED) is 0.420. The number of hydrogen-bond donors (Lipinski definition) is 1. The number of aromatic nitrogens is 5. The highest BCUT2D eigenvalue weighted by Gasteiger charge is 2.24. The molecular weight excluding hydrogens is 426 g/mol. The van der Waals surface area contributed by atoms with Crippen LogP contribution in [0.4, 0.5) is 5.95 Å². The van der Waals surface area contributed by atoms with Crippen LogP contribution in [0.2, 0.25) is 0 Å². The maximum absolute atomic E-state index is 13.6. The summed E-state index contributed by atoms with van der Waals surface area (Å²) in [7, 11) is 0. The molecule has 0 spiro atoms. The third-order valence-electron chi connectivity index (χ3n) is 6.77. The number of imidazole rings is 1. The zero-order chi connectivity index (χ0) is 23.2. The lowest BCUT2D eigenvalue weighted by Crippen LogP contribution is -2.44. The van der Waals surface area contributed by atoms with Gasteiger partial charge < -0.3 is 15.2 Å². The van der Waals surface area contributed by atoms with Gasteiger partial charge in [0.1, 0.15) is 11.0 Å². The standard InChI is InChI=1S/C26H27N7O/c1-2-32-24-22(30-26(32)31-13-7-8-17(27)15-31)14-28-33(25(24)34)16-23-20-11-4-3-9-18(20)19-10-5-6-12-21(19)29-23/h3-6,9-12,14,17H,2,7-8,13,15-16,27H2,1H3. The Kier molecular flexibility index (Phi) is 5.03. The van der Waals surface area contributed by atoms with Crippen LogP contribution in [0.1, 0.15) is 25.5 Å². The van der Waals surface area contributed by atoms with Crippen LogP contribution in [0.5, 0.6) is 0 Å². The predicted molar refractivity (Wildman–Crippen MR) is 135 cm³/mol. The van der Waals surface area contributed by atoms with Crippen LogP contribution in [0.25, 0.3) is 32.7 Å². The van der Waals surface area contributed by atoms with E-state index in [0.29, 0.717) is 24.1 Å². The summed E-state index contributed by atoms with van der Waals surface area (Å²) in [6, 6.07) is 16.4. The molecule has 2 aromatic carbocycles. The Labute approximate surface area is 196 Å². The number of benzene rings is 2. The summed E-state index contributed by atoms with van der Waals surface area (Å²) in [6.07, 6.45) is 3.74. The van der Waals surface area contributed by atoms with E-state index in [1.165, 1.54) is 4.68 Å². The van der Waals surface area contributed by atoms with E-state index in [4.69, 9.17) is 15.7 Å². The number of piperidine rings is 1. The third-order valence-corrected chi connectivity index (χ3v) is 6.77. The van der Waals surface area contributed by atoms with Gasteiger partial charge in [-0.1, -0.05) is 42.5 Å². The fraction of sp³-hybridized carbons (Fsp3) is 0.308. The summed E-state index contributed by atoms with van der Waals surface area (Å²) in [5.41, 5.74) is 8.99. The first-order valence-corrected chi connectivity index (χ1v) is 11.9. The summed E-state index contributed by atoms with van der Waals surface area (Å²) in [4.78, 5) is 25.5. The molecule has 0 bridgehead atoms. The molecule has 5 aromatic rings. The summed E-state index contributed by atoms with van der Waals surface area (Å²) < 4.78 is 3.51. The van der Waals surface area contributed by atoms with E-state index in [-0.39, 0.29) is 11.6 Å². The number of fused-ring (bicyclic) bond motifs is 4. The molecule has 172 valence electrons. The summed E-state index contributed by atoms with van der Waals surface area (Å²) in [6.45, 7) is 4.62. The van der Waals surface area contributed by atoms with E-state index in [1.54, 1.807) is 6.20 Å². The maximum Gasteiger partial charge on any atom is 0.293 e. The monoisotopic (exact) mass is 453 g/mol. The Balaban J connectivity index is 1.48. The lowest BCUT2D eigenvalue weighted by Gasteiger charge is -2.31. The van der Waals surface area contributed by atoms with Crippen LogP contribution in [-0.2, 0) is 13.1 Å². The number of para-hydroxylation sites is 1. The van der Waals surface area contributed by atoms with Crippen molar-refractivity contribution < 1.29 is 0 Å². The van der Waals surface area contributed by atoms with Gasteiger partial charge in [-0.3, -0.25) is 9.78 Å². The van der Waals surface area contributed by atoms with E-state index in [1.807, 2.05) is 41.8 Å². The first kappa shape index (κ1) is 20.8. The molecule has 2 N–H and O–H groups in total. The van der Waals surface area contributed by atoms with Crippen LogP contribution in [-0.4, -0.2) is 43.4 Å². The van der Waals surface area contributed by atoms with Gasteiger partial charge in [-0.2, -0.15) is 5.10 Å². The molecular formula is C26H27N7O. The van der Waals surface area contributed by atoms with Crippen molar-refractivity contribution in [2.24, 2.45) is 5.73 Å². The van der Waals surface area contributed by atoms with Gasteiger partial charge in [-0.25, -0.2) is 9.67 Å². The number of rotatable bonds is 4. The van der Waals surface area contributed by atoms with Crippen molar-refractivity contribution in [3.63, 3.8) is 0 Å². The maximum atomic E-state index is 13.6. The van der Waals surface area contributed by atoms with Crippen molar-refractivity contribution in [3.05, 3.63) is 70.8 Å². The summed E-state index contributed by atoms with van der Waals surface area (Å²) in [5.74, 6) is 0.804. The van der Waals surface area contributed by atoms with Gasteiger partial charge >= 0.3 is 0 Å². The number of hydrogen-bond acceptors (Lipinski definition) is 6. The van der Waals surface area contributed by atoms with E-state index >= 15 is 0 Å². The second kappa shape index (κ2) is 8.22. The Morgan fingerprint density at radius 1 is 1.00 bits per heavy atom. The second-order valence-corrected chi connectivity index (χ2v) is 8.97. The van der Waals surface area contributed by atoms with Gasteiger partial charge in [-0.15, -0.1) is 0 Å². The smallest absolute Gasteiger partial charge is 0.293 e. The molecule has 1 unspecified atom stereocenters. The van der Waals surface area contributed by atoms with Gasteiger partial charge in [0.25, 0.3) is 5.56 Å². The van der Waals surface area contributed by atoms with Crippen LogP contribution in [0, 0.1) is 0 Å². The summed E-state index contributed by atoms with van der Waals surface area (Å²) in [5, 5.41) is 7.74. The molecule has 4 heterocycles. The van der Waals surface area contributed by atoms with Gasteiger partial charge in [0.05, 0.1) is 24.0 Å². The number of nitrogens with two attached hydrogens (primary N) is 1. The molecule has 8 heteroatoms. The first-order valence-electron chi connectivity index (χ1n) is 11.9. The Bertz CT molecular complexity index is 1590. The van der Waals surface area contributed by atoms with Crippen molar-refractivity contribution >= 4 is 38.7 Å². The van der Waals surface area contributed by atoms with Gasteiger partial charge in [-0.05, 0) is 31.2 Å². The van der Waals surface area contributed by atoms with E-state index < -0.39 is 0 Å². The SMILES string of the molecule is CCn1c(N2CCCC(N)C2)nc2cnn(Cc3nc4ccccc4c4ccccc34)c(=O)c21. The number of nitrogens with zero attached hydrogens (tertiary/aromatic N) is 6. The minimum Gasteiger partial charge on any atom is -0.341 e. The average Bonchev–Trinajstić information content (AvgIpc) is 3.25. The number of pyridine rings is 1. The molecule has 0 saturated carbocycles. The third kappa shape index (κ3) is 3.33. The largest absolute Gasteiger partial charge is 0.341 e. The highest BCUT2D eigenvalue weighted by atomic mass is 16.1. The minimum absolute atomic E-state index is 0.126. The molecule has 1 fully saturated rings. The normalized spacial score (nSPS) is 16.6. The highest BCUT2D eigenvalue weighted by Crippen LogP contribution is 2.27. The summed E-state index contributed by atoms with van der Waals surface area (Å²) >= 11 is 0.